The van der Waals surface area contributed by atoms with Crippen molar-refractivity contribution in [3.05, 3.63) is 63.1 Å². The van der Waals surface area contributed by atoms with Crippen LogP contribution in [0.2, 0.25) is 15.1 Å². The first-order valence-corrected chi connectivity index (χ1v) is 7.88. The summed E-state index contributed by atoms with van der Waals surface area (Å²) in [5.41, 5.74) is 0.800. The zero-order chi connectivity index (χ0) is 16.8. The van der Waals surface area contributed by atoms with E-state index in [4.69, 9.17) is 34.8 Å². The number of hydrogen-bond acceptors (Lipinski definition) is 2. The van der Waals surface area contributed by atoms with Gasteiger partial charge in [-0.25, -0.2) is 0 Å². The molecule has 2 aromatic rings. The zero-order valence-electron chi connectivity index (χ0n) is 11.9. The maximum absolute atomic E-state index is 11.9. The Bertz CT molecular complexity index is 735. The fraction of sp³-hybridized carbons (Fsp3) is 0.125. The van der Waals surface area contributed by atoms with Gasteiger partial charge in [0.25, 0.3) is 5.91 Å². The predicted octanol–water partition coefficient (Wildman–Crippen LogP) is 4.41. The van der Waals surface area contributed by atoms with Gasteiger partial charge < -0.3 is 10.6 Å². The van der Waals surface area contributed by atoms with E-state index in [-0.39, 0.29) is 24.8 Å². The Balaban J connectivity index is 1.84. The van der Waals surface area contributed by atoms with Gasteiger partial charge in [-0.3, -0.25) is 9.59 Å². The third-order valence-corrected chi connectivity index (χ3v) is 3.85. The zero-order valence-corrected chi connectivity index (χ0v) is 14.2. The molecule has 0 fully saturated rings. The molecular weight excluding hydrogens is 359 g/mol. The third-order valence-electron chi connectivity index (χ3n) is 2.96. The molecule has 0 saturated carbocycles. The molecule has 2 rings (SSSR count). The number of benzene rings is 2. The van der Waals surface area contributed by atoms with E-state index in [1.165, 1.54) is 0 Å². The minimum atomic E-state index is -0.329. The Morgan fingerprint density at radius 1 is 0.957 bits per heavy atom. The van der Waals surface area contributed by atoms with Crippen LogP contribution in [0.1, 0.15) is 16.8 Å². The van der Waals surface area contributed by atoms with E-state index >= 15 is 0 Å². The summed E-state index contributed by atoms with van der Waals surface area (Å²) in [5.74, 6) is -0.613. The molecule has 7 heteroatoms. The van der Waals surface area contributed by atoms with Crippen molar-refractivity contribution < 1.29 is 9.59 Å². The number of halogens is 3. The van der Waals surface area contributed by atoms with Gasteiger partial charge >= 0.3 is 0 Å². The Hall–Kier alpha value is -1.75. The number of nitrogens with one attached hydrogen (secondary N) is 2. The Labute approximate surface area is 148 Å². The molecule has 120 valence electrons. The second-order valence-electron chi connectivity index (χ2n) is 4.66. The molecule has 2 N–H and O–H groups in total. The van der Waals surface area contributed by atoms with Crippen molar-refractivity contribution in [2.45, 2.75) is 6.42 Å². The van der Waals surface area contributed by atoms with Gasteiger partial charge in [0, 0.05) is 18.0 Å². The fourth-order valence-corrected chi connectivity index (χ4v) is 2.39. The molecule has 0 spiro atoms. The number of carbonyl (C=O) groups excluding carboxylic acids is 2. The van der Waals surface area contributed by atoms with Crippen molar-refractivity contribution in [1.29, 1.82) is 0 Å². The Morgan fingerprint density at radius 3 is 2.43 bits per heavy atom. The summed E-state index contributed by atoms with van der Waals surface area (Å²) in [4.78, 5) is 23.8. The van der Waals surface area contributed by atoms with Crippen molar-refractivity contribution in [3.63, 3.8) is 0 Å². The van der Waals surface area contributed by atoms with Crippen LogP contribution < -0.4 is 10.6 Å². The summed E-state index contributed by atoms with van der Waals surface area (Å²) < 4.78 is 0. The summed E-state index contributed by atoms with van der Waals surface area (Å²) in [6.07, 6.45) is 0.0963. The lowest BCUT2D eigenvalue weighted by molar-refractivity contribution is -0.116. The average Bonchev–Trinajstić information content (AvgIpc) is 2.51. The normalized spacial score (nSPS) is 10.2. The Morgan fingerprint density at radius 2 is 1.70 bits per heavy atom. The Kier molecular flexibility index (Phi) is 6.28. The van der Waals surface area contributed by atoms with Crippen LogP contribution in [0, 0.1) is 0 Å². The van der Waals surface area contributed by atoms with Gasteiger partial charge in [0.1, 0.15) is 0 Å². The van der Waals surface area contributed by atoms with Crippen molar-refractivity contribution in [2.75, 3.05) is 11.9 Å². The smallest absolute Gasteiger partial charge is 0.252 e. The molecule has 0 aromatic heterocycles. The van der Waals surface area contributed by atoms with Crippen molar-refractivity contribution in [1.82, 2.24) is 5.32 Å². The number of hydrogen-bond donors (Lipinski definition) is 2. The molecule has 4 nitrogen and oxygen atoms in total. The molecule has 0 heterocycles. The molecular formula is C16H13Cl3N2O2. The minimum absolute atomic E-state index is 0.0963. The van der Waals surface area contributed by atoms with E-state index in [1.54, 1.807) is 42.5 Å². The van der Waals surface area contributed by atoms with E-state index in [9.17, 15) is 9.59 Å². The number of anilines is 1. The predicted molar refractivity (Wildman–Crippen MR) is 93.5 cm³/mol. The van der Waals surface area contributed by atoms with E-state index in [0.717, 1.165) is 0 Å². The first-order valence-electron chi connectivity index (χ1n) is 6.75. The molecule has 2 amide bonds. The van der Waals surface area contributed by atoms with E-state index in [0.29, 0.717) is 26.3 Å². The lowest BCUT2D eigenvalue weighted by Gasteiger charge is -2.09. The van der Waals surface area contributed by atoms with E-state index in [1.807, 2.05) is 0 Å². The van der Waals surface area contributed by atoms with Gasteiger partial charge in [-0.2, -0.15) is 0 Å². The second kappa shape index (κ2) is 8.20. The fourth-order valence-electron chi connectivity index (χ4n) is 1.84. The molecule has 0 saturated heterocycles. The lowest BCUT2D eigenvalue weighted by atomic mass is 10.2. The SMILES string of the molecule is O=C(CCNC(=O)c1ccccc1Cl)Nc1cc(Cl)ccc1Cl. The molecule has 0 atom stereocenters. The van der Waals surface area contributed by atoms with Crippen LogP contribution in [0.25, 0.3) is 0 Å². The number of carbonyl (C=O) groups is 2. The molecule has 2 aromatic carbocycles. The first-order chi connectivity index (χ1) is 11.0. The number of amides is 2. The number of rotatable bonds is 5. The maximum Gasteiger partial charge on any atom is 0.252 e. The molecule has 23 heavy (non-hydrogen) atoms. The summed E-state index contributed by atoms with van der Waals surface area (Å²) in [6.45, 7) is 0.175. The summed E-state index contributed by atoms with van der Waals surface area (Å²) >= 11 is 17.7. The highest BCUT2D eigenvalue weighted by Gasteiger charge is 2.10. The van der Waals surface area contributed by atoms with Crippen molar-refractivity contribution in [3.8, 4) is 0 Å². The average molecular weight is 372 g/mol. The van der Waals surface area contributed by atoms with Crippen LogP contribution in [-0.4, -0.2) is 18.4 Å². The van der Waals surface area contributed by atoms with Crippen molar-refractivity contribution >= 4 is 52.3 Å². The highest BCUT2D eigenvalue weighted by molar-refractivity contribution is 6.35. The van der Waals surface area contributed by atoms with Gasteiger partial charge in [-0.15, -0.1) is 0 Å². The van der Waals surface area contributed by atoms with Gasteiger partial charge in [-0.05, 0) is 30.3 Å². The van der Waals surface area contributed by atoms with Crippen LogP contribution in [0.15, 0.2) is 42.5 Å². The van der Waals surface area contributed by atoms with Crippen LogP contribution in [0.5, 0.6) is 0 Å². The summed E-state index contributed by atoms with van der Waals surface area (Å²) in [7, 11) is 0. The highest BCUT2D eigenvalue weighted by Crippen LogP contribution is 2.25. The lowest BCUT2D eigenvalue weighted by Crippen LogP contribution is -2.27. The maximum atomic E-state index is 11.9. The minimum Gasteiger partial charge on any atom is -0.351 e. The van der Waals surface area contributed by atoms with E-state index < -0.39 is 0 Å². The summed E-state index contributed by atoms with van der Waals surface area (Å²) in [5, 5.41) is 6.50. The molecule has 0 aliphatic carbocycles. The molecule has 0 unspecified atom stereocenters. The molecule has 0 aliphatic rings. The molecule has 0 aliphatic heterocycles. The first kappa shape index (κ1) is 17.6. The standard InChI is InChI=1S/C16H13Cl3N2O2/c17-10-5-6-13(19)14(9-10)21-15(22)7-8-20-16(23)11-3-1-2-4-12(11)18/h1-6,9H,7-8H2,(H,20,23)(H,21,22). The van der Waals surface area contributed by atoms with Gasteiger partial charge in [0.15, 0.2) is 0 Å². The van der Waals surface area contributed by atoms with Gasteiger partial charge in [0.05, 0.1) is 21.3 Å². The van der Waals surface area contributed by atoms with Crippen LogP contribution in [0.4, 0.5) is 5.69 Å². The largest absolute Gasteiger partial charge is 0.351 e. The van der Waals surface area contributed by atoms with Gasteiger partial charge in [0.2, 0.25) is 5.91 Å². The topological polar surface area (TPSA) is 58.2 Å². The van der Waals surface area contributed by atoms with Crippen molar-refractivity contribution in [2.24, 2.45) is 0 Å². The van der Waals surface area contributed by atoms with Gasteiger partial charge in [-0.1, -0.05) is 46.9 Å². The van der Waals surface area contributed by atoms with Crippen LogP contribution in [-0.2, 0) is 4.79 Å². The second-order valence-corrected chi connectivity index (χ2v) is 5.91. The highest BCUT2D eigenvalue weighted by atomic mass is 35.5. The van der Waals surface area contributed by atoms with Crippen LogP contribution >= 0.6 is 34.8 Å². The molecule has 0 bridgehead atoms. The molecule has 0 radical (unpaired) electrons. The van der Waals surface area contributed by atoms with E-state index in [2.05, 4.69) is 10.6 Å². The third kappa shape index (κ3) is 5.13. The van der Waals surface area contributed by atoms with Crippen LogP contribution in [0.3, 0.4) is 0 Å². The summed E-state index contributed by atoms with van der Waals surface area (Å²) in [6, 6.07) is 11.5. The quantitative estimate of drug-likeness (QED) is 0.818. The monoisotopic (exact) mass is 370 g/mol.